The second kappa shape index (κ2) is 3.87. The van der Waals surface area contributed by atoms with E-state index in [1.165, 1.54) is 24.0 Å². The third-order valence-corrected chi connectivity index (χ3v) is 2.89. The first kappa shape index (κ1) is 9.32. The minimum absolute atomic E-state index is 0.363. The van der Waals surface area contributed by atoms with E-state index < -0.39 is 0 Å². The average molecular weight is 188 g/mol. The molecule has 1 unspecified atom stereocenters. The minimum atomic E-state index is 0.363. The molecule has 1 nitrogen and oxygen atoms in total. The topological polar surface area (TPSA) is 20.2 Å². The maximum atomic E-state index is 9.37. The first-order valence-corrected chi connectivity index (χ1v) is 5.24. The molecule has 1 heteroatoms. The van der Waals surface area contributed by atoms with Gasteiger partial charge in [0.15, 0.2) is 0 Å². The fourth-order valence-corrected chi connectivity index (χ4v) is 1.93. The van der Waals surface area contributed by atoms with Gasteiger partial charge in [-0.25, -0.2) is 0 Å². The summed E-state index contributed by atoms with van der Waals surface area (Å²) in [6.45, 7) is 2.29. The highest BCUT2D eigenvalue weighted by atomic mass is 16.3. The van der Waals surface area contributed by atoms with Crippen LogP contribution in [0.4, 0.5) is 0 Å². The number of allylic oxidation sites excluding steroid dienone is 2. The molecule has 1 atom stereocenters. The van der Waals surface area contributed by atoms with E-state index in [1.54, 1.807) is 6.07 Å². The zero-order valence-corrected chi connectivity index (χ0v) is 8.53. The van der Waals surface area contributed by atoms with Crippen LogP contribution >= 0.6 is 0 Å². The summed E-state index contributed by atoms with van der Waals surface area (Å²) in [6, 6.07) is 7.54. The van der Waals surface area contributed by atoms with Crippen LogP contribution in [0.5, 0.6) is 5.75 Å². The van der Waals surface area contributed by atoms with Crippen molar-refractivity contribution in [3.63, 3.8) is 0 Å². The Morgan fingerprint density at radius 2 is 2.21 bits per heavy atom. The Balaban J connectivity index is 2.23. The summed E-state index contributed by atoms with van der Waals surface area (Å²) in [5.74, 6) is 1.18. The predicted octanol–water partition coefficient (Wildman–Crippen LogP) is 3.60. The zero-order chi connectivity index (χ0) is 9.97. The summed E-state index contributed by atoms with van der Waals surface area (Å²) in [7, 11) is 0. The molecule has 0 aliphatic heterocycles. The Morgan fingerprint density at radius 1 is 1.36 bits per heavy atom. The van der Waals surface area contributed by atoms with Crippen molar-refractivity contribution >= 4 is 5.57 Å². The van der Waals surface area contributed by atoms with Crippen LogP contribution in [0.25, 0.3) is 5.57 Å². The molecule has 0 saturated heterocycles. The number of benzene rings is 1. The van der Waals surface area contributed by atoms with Crippen molar-refractivity contribution in [3.05, 3.63) is 35.9 Å². The van der Waals surface area contributed by atoms with Crippen molar-refractivity contribution < 1.29 is 5.11 Å². The number of phenolic OH excluding ortho intramolecular Hbond substituents is 1. The van der Waals surface area contributed by atoms with Gasteiger partial charge < -0.3 is 5.11 Å². The summed E-state index contributed by atoms with van der Waals surface area (Å²) < 4.78 is 0. The highest BCUT2D eigenvalue weighted by Gasteiger charge is 2.11. The number of phenols is 1. The lowest BCUT2D eigenvalue weighted by Gasteiger charge is -2.18. The van der Waals surface area contributed by atoms with E-state index in [0.717, 1.165) is 12.3 Å². The van der Waals surface area contributed by atoms with Crippen LogP contribution in [0.1, 0.15) is 31.7 Å². The highest BCUT2D eigenvalue weighted by Crippen LogP contribution is 2.30. The van der Waals surface area contributed by atoms with E-state index in [4.69, 9.17) is 0 Å². The molecule has 0 fully saturated rings. The van der Waals surface area contributed by atoms with Gasteiger partial charge in [-0.2, -0.15) is 0 Å². The maximum Gasteiger partial charge on any atom is 0.116 e. The number of hydrogen-bond donors (Lipinski definition) is 1. The van der Waals surface area contributed by atoms with Crippen LogP contribution in [0.3, 0.4) is 0 Å². The zero-order valence-electron chi connectivity index (χ0n) is 8.53. The van der Waals surface area contributed by atoms with E-state index in [9.17, 15) is 5.11 Å². The molecular weight excluding hydrogens is 172 g/mol. The highest BCUT2D eigenvalue weighted by molar-refractivity contribution is 5.67. The molecule has 1 N–H and O–H groups in total. The summed E-state index contributed by atoms with van der Waals surface area (Å²) in [6.07, 6.45) is 5.89. The van der Waals surface area contributed by atoms with Crippen molar-refractivity contribution in [2.24, 2.45) is 5.92 Å². The summed E-state index contributed by atoms with van der Waals surface area (Å²) in [4.78, 5) is 0. The van der Waals surface area contributed by atoms with Gasteiger partial charge in [0.25, 0.3) is 0 Å². The van der Waals surface area contributed by atoms with Crippen molar-refractivity contribution in [3.8, 4) is 5.75 Å². The monoisotopic (exact) mass is 188 g/mol. The standard InChI is InChI=1S/C13H16O/c1-10-5-7-11(8-6-10)12-3-2-4-13(14)9-12/h2-4,7,9-10,14H,5-6,8H2,1H3. The molecule has 1 aromatic rings. The molecule has 0 radical (unpaired) electrons. The number of rotatable bonds is 1. The van der Waals surface area contributed by atoms with Crippen molar-refractivity contribution in [1.82, 2.24) is 0 Å². The first-order chi connectivity index (χ1) is 6.75. The van der Waals surface area contributed by atoms with Crippen LogP contribution < -0.4 is 0 Å². The second-order valence-electron chi connectivity index (χ2n) is 4.16. The molecule has 1 aliphatic rings. The fourth-order valence-electron chi connectivity index (χ4n) is 1.93. The minimum Gasteiger partial charge on any atom is -0.508 e. The Hall–Kier alpha value is -1.24. The Bertz CT molecular complexity index is 352. The van der Waals surface area contributed by atoms with Crippen LogP contribution in [-0.4, -0.2) is 5.11 Å². The Labute approximate surface area is 85.1 Å². The summed E-state index contributed by atoms with van der Waals surface area (Å²) in [5.41, 5.74) is 2.57. The SMILES string of the molecule is CC1CC=C(c2cccc(O)c2)CC1. The Kier molecular flexibility index (Phi) is 2.58. The molecule has 1 aliphatic carbocycles. The fraction of sp³-hybridized carbons (Fsp3) is 0.385. The largest absolute Gasteiger partial charge is 0.508 e. The second-order valence-corrected chi connectivity index (χ2v) is 4.16. The van der Waals surface area contributed by atoms with Gasteiger partial charge in [0.2, 0.25) is 0 Å². The van der Waals surface area contributed by atoms with Crippen molar-refractivity contribution in [1.29, 1.82) is 0 Å². The lowest BCUT2D eigenvalue weighted by Crippen LogP contribution is -2.00. The van der Waals surface area contributed by atoms with Crippen LogP contribution in [0, 0.1) is 5.92 Å². The molecule has 0 bridgehead atoms. The van der Waals surface area contributed by atoms with Gasteiger partial charge >= 0.3 is 0 Å². The molecule has 0 amide bonds. The maximum absolute atomic E-state index is 9.37. The molecule has 0 aromatic heterocycles. The van der Waals surface area contributed by atoms with Crippen LogP contribution in [0.15, 0.2) is 30.3 Å². The summed E-state index contributed by atoms with van der Waals surface area (Å²) in [5, 5.41) is 9.37. The lowest BCUT2D eigenvalue weighted by molar-refractivity contribution is 0.475. The van der Waals surface area contributed by atoms with Crippen molar-refractivity contribution in [2.75, 3.05) is 0 Å². The van der Waals surface area contributed by atoms with E-state index in [2.05, 4.69) is 19.1 Å². The quantitative estimate of drug-likeness (QED) is 0.714. The van der Waals surface area contributed by atoms with Gasteiger partial charge in [-0.15, -0.1) is 0 Å². The van der Waals surface area contributed by atoms with E-state index in [-0.39, 0.29) is 0 Å². The molecular formula is C13H16O. The van der Waals surface area contributed by atoms with Crippen LogP contribution in [-0.2, 0) is 0 Å². The first-order valence-electron chi connectivity index (χ1n) is 5.24. The molecule has 1 aromatic carbocycles. The molecule has 14 heavy (non-hydrogen) atoms. The van der Waals surface area contributed by atoms with Gasteiger partial charge in [0, 0.05) is 0 Å². The summed E-state index contributed by atoms with van der Waals surface area (Å²) >= 11 is 0. The number of aromatic hydroxyl groups is 1. The van der Waals surface area contributed by atoms with E-state index >= 15 is 0 Å². The van der Waals surface area contributed by atoms with Gasteiger partial charge in [-0.1, -0.05) is 25.1 Å². The smallest absolute Gasteiger partial charge is 0.116 e. The third kappa shape index (κ3) is 1.98. The van der Waals surface area contributed by atoms with Gasteiger partial charge in [0.1, 0.15) is 5.75 Å². The molecule has 74 valence electrons. The predicted molar refractivity (Wildman–Crippen MR) is 59.1 cm³/mol. The number of hydrogen-bond acceptors (Lipinski definition) is 1. The molecule has 2 rings (SSSR count). The van der Waals surface area contributed by atoms with E-state index in [0.29, 0.717) is 5.75 Å². The average Bonchev–Trinajstić information content (AvgIpc) is 2.19. The third-order valence-electron chi connectivity index (χ3n) is 2.89. The van der Waals surface area contributed by atoms with Crippen LogP contribution in [0.2, 0.25) is 0 Å². The van der Waals surface area contributed by atoms with Crippen molar-refractivity contribution in [2.45, 2.75) is 26.2 Å². The van der Waals surface area contributed by atoms with Gasteiger partial charge in [-0.05, 0) is 48.4 Å². The molecule has 0 heterocycles. The van der Waals surface area contributed by atoms with E-state index in [1.807, 2.05) is 12.1 Å². The Morgan fingerprint density at radius 3 is 2.86 bits per heavy atom. The lowest BCUT2D eigenvalue weighted by atomic mass is 9.88. The van der Waals surface area contributed by atoms with Gasteiger partial charge in [0.05, 0.1) is 0 Å². The van der Waals surface area contributed by atoms with Gasteiger partial charge in [-0.3, -0.25) is 0 Å². The normalized spacial score (nSPS) is 21.8. The molecule has 0 saturated carbocycles. The molecule has 0 spiro atoms.